The fraction of sp³-hybridized carbons (Fsp3) is 0.0833. The number of hydrogen-bond acceptors (Lipinski definition) is 3. The first-order chi connectivity index (χ1) is 9.19. The van der Waals surface area contributed by atoms with E-state index >= 15 is 0 Å². The molecule has 0 aliphatic rings. The van der Waals surface area contributed by atoms with Gasteiger partial charge in [-0.15, -0.1) is 11.6 Å². The minimum atomic E-state index is 0.278. The highest BCUT2D eigenvalue weighted by molar-refractivity contribution is 9.10. The molecule has 0 aliphatic heterocycles. The standard InChI is InChI=1S/C12H7BrCl2N4/c13-7-1-9(6-16-4-7)19-11(3-14)18-10-2-8(15)5-17-12(10)19/h1-2,4-6H,3H2. The van der Waals surface area contributed by atoms with E-state index in [9.17, 15) is 0 Å². The van der Waals surface area contributed by atoms with Gasteiger partial charge < -0.3 is 0 Å². The van der Waals surface area contributed by atoms with Crippen molar-refractivity contribution in [2.45, 2.75) is 5.88 Å². The summed E-state index contributed by atoms with van der Waals surface area (Å²) in [5, 5.41) is 0.547. The number of alkyl halides is 1. The van der Waals surface area contributed by atoms with Crippen LogP contribution in [0.5, 0.6) is 0 Å². The Morgan fingerprint density at radius 2 is 2.05 bits per heavy atom. The van der Waals surface area contributed by atoms with Gasteiger partial charge >= 0.3 is 0 Å². The Morgan fingerprint density at radius 1 is 1.21 bits per heavy atom. The van der Waals surface area contributed by atoms with Crippen LogP contribution in [0.15, 0.2) is 35.2 Å². The van der Waals surface area contributed by atoms with Crippen molar-refractivity contribution in [3.8, 4) is 5.69 Å². The number of imidazole rings is 1. The van der Waals surface area contributed by atoms with E-state index in [1.807, 2.05) is 10.6 Å². The second-order valence-electron chi connectivity index (χ2n) is 3.85. The van der Waals surface area contributed by atoms with Gasteiger partial charge in [-0.05, 0) is 28.1 Å². The summed E-state index contributed by atoms with van der Waals surface area (Å²) in [6, 6.07) is 3.70. The van der Waals surface area contributed by atoms with E-state index in [-0.39, 0.29) is 5.88 Å². The molecule has 0 amide bonds. The van der Waals surface area contributed by atoms with Crippen LogP contribution in [-0.2, 0) is 5.88 Å². The molecule has 0 atom stereocenters. The molecule has 19 heavy (non-hydrogen) atoms. The van der Waals surface area contributed by atoms with Gasteiger partial charge in [0.15, 0.2) is 5.65 Å². The Labute approximate surface area is 127 Å². The Morgan fingerprint density at radius 3 is 2.79 bits per heavy atom. The van der Waals surface area contributed by atoms with Crippen molar-refractivity contribution in [1.29, 1.82) is 0 Å². The zero-order valence-corrected chi connectivity index (χ0v) is 12.6. The van der Waals surface area contributed by atoms with Gasteiger partial charge in [0.1, 0.15) is 11.3 Å². The summed E-state index contributed by atoms with van der Waals surface area (Å²) in [4.78, 5) is 12.9. The van der Waals surface area contributed by atoms with E-state index < -0.39 is 0 Å². The maximum atomic E-state index is 5.96. The van der Waals surface area contributed by atoms with Crippen LogP contribution >= 0.6 is 39.1 Å². The van der Waals surface area contributed by atoms with Crippen LogP contribution in [-0.4, -0.2) is 19.5 Å². The van der Waals surface area contributed by atoms with Gasteiger partial charge in [-0.3, -0.25) is 9.55 Å². The van der Waals surface area contributed by atoms with Gasteiger partial charge in [0.2, 0.25) is 0 Å². The third-order valence-corrected chi connectivity index (χ3v) is 3.48. The van der Waals surface area contributed by atoms with Crippen molar-refractivity contribution in [3.63, 3.8) is 0 Å². The van der Waals surface area contributed by atoms with E-state index in [4.69, 9.17) is 23.2 Å². The fourth-order valence-corrected chi connectivity index (χ4v) is 2.56. The molecule has 3 rings (SSSR count). The van der Waals surface area contributed by atoms with Crippen LogP contribution in [0.4, 0.5) is 0 Å². The number of rotatable bonds is 2. The smallest absolute Gasteiger partial charge is 0.164 e. The summed E-state index contributed by atoms with van der Waals surface area (Å²) >= 11 is 15.3. The van der Waals surface area contributed by atoms with Crippen LogP contribution in [0.1, 0.15) is 5.82 Å². The maximum Gasteiger partial charge on any atom is 0.164 e. The van der Waals surface area contributed by atoms with Crippen LogP contribution in [0.25, 0.3) is 16.9 Å². The van der Waals surface area contributed by atoms with E-state index in [1.54, 1.807) is 24.7 Å². The Bertz CT molecular complexity index is 757. The highest BCUT2D eigenvalue weighted by atomic mass is 79.9. The summed E-state index contributed by atoms with van der Waals surface area (Å²) in [7, 11) is 0. The predicted molar refractivity (Wildman–Crippen MR) is 78.9 cm³/mol. The topological polar surface area (TPSA) is 43.6 Å². The van der Waals surface area contributed by atoms with Crippen LogP contribution in [0.2, 0.25) is 5.02 Å². The third kappa shape index (κ3) is 2.33. The Hall–Kier alpha value is -1.17. The molecule has 0 aliphatic carbocycles. The number of fused-ring (bicyclic) bond motifs is 1. The van der Waals surface area contributed by atoms with E-state index in [0.29, 0.717) is 22.0 Å². The van der Waals surface area contributed by atoms with Gasteiger partial charge in [0, 0.05) is 16.9 Å². The summed E-state index contributed by atoms with van der Waals surface area (Å²) in [5.41, 5.74) is 2.27. The number of hydrogen-bond donors (Lipinski definition) is 0. The molecule has 0 bridgehead atoms. The van der Waals surface area contributed by atoms with Gasteiger partial charge in [-0.25, -0.2) is 9.97 Å². The van der Waals surface area contributed by atoms with Crippen LogP contribution < -0.4 is 0 Å². The first-order valence-corrected chi connectivity index (χ1v) is 7.09. The maximum absolute atomic E-state index is 5.96. The Kier molecular flexibility index (Phi) is 3.43. The van der Waals surface area contributed by atoms with Crippen molar-refractivity contribution >= 4 is 50.3 Å². The SMILES string of the molecule is ClCc1nc2cc(Cl)cnc2n1-c1cncc(Br)c1. The second kappa shape index (κ2) is 5.07. The van der Waals surface area contributed by atoms with E-state index in [1.165, 1.54) is 0 Å². The predicted octanol–water partition coefficient (Wildman–Crippen LogP) is 3.97. The first-order valence-electron chi connectivity index (χ1n) is 5.39. The lowest BCUT2D eigenvalue weighted by Crippen LogP contribution is -2.00. The van der Waals surface area contributed by atoms with Crippen molar-refractivity contribution in [2.75, 3.05) is 0 Å². The molecule has 0 N–H and O–H groups in total. The summed E-state index contributed by atoms with van der Waals surface area (Å²) < 4.78 is 2.75. The molecule has 0 aromatic carbocycles. The lowest BCUT2D eigenvalue weighted by Gasteiger charge is -2.06. The largest absolute Gasteiger partial charge is 0.278 e. The monoisotopic (exact) mass is 356 g/mol. The highest BCUT2D eigenvalue weighted by Gasteiger charge is 2.13. The summed E-state index contributed by atoms with van der Waals surface area (Å²) in [6.45, 7) is 0. The first kappa shape index (κ1) is 12.8. The number of pyridine rings is 2. The minimum absolute atomic E-state index is 0.278. The molecule has 3 heterocycles. The average Bonchev–Trinajstić information content (AvgIpc) is 2.76. The number of aromatic nitrogens is 4. The second-order valence-corrected chi connectivity index (χ2v) is 5.47. The van der Waals surface area contributed by atoms with Gasteiger partial charge in [-0.1, -0.05) is 11.6 Å². The van der Waals surface area contributed by atoms with Gasteiger partial charge in [-0.2, -0.15) is 0 Å². The lowest BCUT2D eigenvalue weighted by molar-refractivity contribution is 0.959. The van der Waals surface area contributed by atoms with Crippen molar-refractivity contribution in [2.24, 2.45) is 0 Å². The minimum Gasteiger partial charge on any atom is -0.278 e. The molecule has 4 nitrogen and oxygen atoms in total. The van der Waals surface area contributed by atoms with Gasteiger partial charge in [0.05, 0.1) is 22.8 Å². The summed E-state index contributed by atoms with van der Waals surface area (Å²) in [5.74, 6) is 0.979. The molecule has 0 spiro atoms. The average molecular weight is 358 g/mol. The molecule has 0 fully saturated rings. The Balaban J connectivity index is 2.32. The van der Waals surface area contributed by atoms with E-state index in [2.05, 4.69) is 30.9 Å². The zero-order valence-electron chi connectivity index (χ0n) is 9.52. The lowest BCUT2D eigenvalue weighted by atomic mass is 10.4. The molecule has 96 valence electrons. The van der Waals surface area contributed by atoms with Gasteiger partial charge in [0.25, 0.3) is 0 Å². The molecule has 3 aromatic rings. The molecule has 0 unspecified atom stereocenters. The highest BCUT2D eigenvalue weighted by Crippen LogP contribution is 2.24. The van der Waals surface area contributed by atoms with Crippen molar-refractivity contribution < 1.29 is 0 Å². The molecule has 0 radical (unpaired) electrons. The molecule has 7 heteroatoms. The summed E-state index contributed by atoms with van der Waals surface area (Å²) in [6.07, 6.45) is 5.04. The molecule has 3 aromatic heterocycles. The van der Waals surface area contributed by atoms with Crippen molar-refractivity contribution in [1.82, 2.24) is 19.5 Å². The molecular weight excluding hydrogens is 351 g/mol. The third-order valence-electron chi connectivity index (χ3n) is 2.60. The molecule has 0 saturated heterocycles. The molecule has 0 saturated carbocycles. The molecular formula is C12H7BrCl2N4. The van der Waals surface area contributed by atoms with Crippen molar-refractivity contribution in [3.05, 3.63) is 46.0 Å². The normalized spacial score (nSPS) is 11.1. The van der Waals surface area contributed by atoms with Crippen LogP contribution in [0.3, 0.4) is 0 Å². The quantitative estimate of drug-likeness (QED) is 0.652. The fourth-order valence-electron chi connectivity index (χ4n) is 1.87. The van der Waals surface area contributed by atoms with Crippen LogP contribution in [0, 0.1) is 0 Å². The zero-order chi connectivity index (χ0) is 13.4. The number of halogens is 3. The number of nitrogens with zero attached hydrogens (tertiary/aromatic N) is 4. The van der Waals surface area contributed by atoms with E-state index in [0.717, 1.165) is 10.2 Å².